The highest BCUT2D eigenvalue weighted by atomic mass is 16.3. The Balaban J connectivity index is 1.70. The molecular formula is C20H19N3O3. The Hall–Kier alpha value is -3.41. The van der Waals surface area contributed by atoms with Gasteiger partial charge in [0, 0.05) is 10.9 Å². The molecule has 0 aliphatic heterocycles. The molecule has 0 unspecified atom stereocenters. The van der Waals surface area contributed by atoms with Gasteiger partial charge in [-0.3, -0.25) is 14.6 Å². The number of phenolic OH excluding ortho intramolecular Hbond substituents is 1. The molecule has 6 heteroatoms. The van der Waals surface area contributed by atoms with Crippen LogP contribution in [0.3, 0.4) is 0 Å². The molecule has 132 valence electrons. The zero-order valence-electron chi connectivity index (χ0n) is 14.3. The highest BCUT2D eigenvalue weighted by Gasteiger charge is 2.20. The lowest BCUT2D eigenvalue weighted by Crippen LogP contribution is -2.37. The van der Waals surface area contributed by atoms with Crippen LogP contribution in [0.15, 0.2) is 60.8 Å². The Morgan fingerprint density at radius 3 is 2.58 bits per heavy atom. The van der Waals surface area contributed by atoms with E-state index >= 15 is 0 Å². The van der Waals surface area contributed by atoms with Crippen molar-refractivity contribution in [2.75, 3.05) is 5.32 Å². The number of aromatic hydroxyl groups is 1. The van der Waals surface area contributed by atoms with Gasteiger partial charge in [0.25, 0.3) is 0 Å². The van der Waals surface area contributed by atoms with Crippen LogP contribution < -0.4 is 10.6 Å². The van der Waals surface area contributed by atoms with Crippen LogP contribution in [0.2, 0.25) is 0 Å². The van der Waals surface area contributed by atoms with Crippen LogP contribution in [-0.4, -0.2) is 21.9 Å². The summed E-state index contributed by atoms with van der Waals surface area (Å²) in [7, 11) is 0. The molecule has 2 aromatic carbocycles. The van der Waals surface area contributed by atoms with Gasteiger partial charge in [0.05, 0.1) is 23.4 Å². The molecule has 0 radical (unpaired) electrons. The number of carbonyl (C=O) groups excluding carboxylic acids is 2. The van der Waals surface area contributed by atoms with Gasteiger partial charge in [-0.1, -0.05) is 43.3 Å². The van der Waals surface area contributed by atoms with E-state index < -0.39 is 17.9 Å². The molecule has 2 amide bonds. The van der Waals surface area contributed by atoms with E-state index in [2.05, 4.69) is 15.6 Å². The van der Waals surface area contributed by atoms with E-state index in [-0.39, 0.29) is 5.75 Å². The summed E-state index contributed by atoms with van der Waals surface area (Å²) < 4.78 is 0. The topological polar surface area (TPSA) is 91.3 Å². The van der Waals surface area contributed by atoms with Gasteiger partial charge in [-0.2, -0.15) is 0 Å². The number of hydrogen-bond donors (Lipinski definition) is 3. The van der Waals surface area contributed by atoms with E-state index in [1.165, 1.54) is 6.20 Å². The molecular weight excluding hydrogens is 330 g/mol. The number of anilines is 1. The van der Waals surface area contributed by atoms with Gasteiger partial charge in [0.15, 0.2) is 0 Å². The SMILES string of the molecule is CC[C@H](NC(=O)C(=O)Nc1cnc2ccccc2c1)c1ccccc1O. The van der Waals surface area contributed by atoms with Crippen LogP contribution in [0.4, 0.5) is 5.69 Å². The average molecular weight is 349 g/mol. The third-order valence-electron chi connectivity index (χ3n) is 4.08. The number of hydrogen-bond acceptors (Lipinski definition) is 4. The molecule has 0 fully saturated rings. The molecule has 0 aliphatic carbocycles. The first-order valence-corrected chi connectivity index (χ1v) is 8.33. The minimum atomic E-state index is -0.782. The minimum absolute atomic E-state index is 0.0822. The number of nitrogens with zero attached hydrogens (tertiary/aromatic N) is 1. The number of amides is 2. The number of fused-ring (bicyclic) bond motifs is 1. The summed E-state index contributed by atoms with van der Waals surface area (Å²) in [5, 5.41) is 16.0. The normalized spacial score (nSPS) is 11.7. The Bertz CT molecular complexity index is 956. The first kappa shape index (κ1) is 17.4. The van der Waals surface area contributed by atoms with Crippen molar-refractivity contribution in [3.63, 3.8) is 0 Å². The first-order chi connectivity index (χ1) is 12.6. The fourth-order valence-corrected chi connectivity index (χ4v) is 2.73. The number of aromatic nitrogens is 1. The average Bonchev–Trinajstić information content (AvgIpc) is 2.66. The van der Waals surface area contributed by atoms with Gasteiger partial charge in [-0.15, -0.1) is 0 Å². The maximum Gasteiger partial charge on any atom is 0.313 e. The zero-order valence-corrected chi connectivity index (χ0v) is 14.3. The lowest BCUT2D eigenvalue weighted by atomic mass is 10.0. The molecule has 1 aromatic heterocycles. The molecule has 26 heavy (non-hydrogen) atoms. The number of para-hydroxylation sites is 2. The van der Waals surface area contributed by atoms with E-state index in [1.807, 2.05) is 31.2 Å². The standard InChI is InChI=1S/C20H19N3O3/c1-2-16(15-8-4-6-10-18(15)24)23-20(26)19(25)22-14-11-13-7-3-5-9-17(13)21-12-14/h3-12,16,24H,2H2,1H3,(H,22,25)(H,23,26)/t16-/m0/s1. The molecule has 0 spiro atoms. The fraction of sp³-hybridized carbons (Fsp3) is 0.150. The Morgan fingerprint density at radius 2 is 1.81 bits per heavy atom. The number of phenols is 1. The van der Waals surface area contributed by atoms with Gasteiger partial charge >= 0.3 is 11.8 Å². The van der Waals surface area contributed by atoms with Gasteiger partial charge in [-0.25, -0.2) is 0 Å². The van der Waals surface area contributed by atoms with Gasteiger partial charge < -0.3 is 15.7 Å². The highest BCUT2D eigenvalue weighted by Crippen LogP contribution is 2.25. The second kappa shape index (κ2) is 7.65. The summed E-state index contributed by atoms with van der Waals surface area (Å²) in [5.41, 5.74) is 1.82. The van der Waals surface area contributed by atoms with Gasteiger partial charge in [0.2, 0.25) is 0 Å². The van der Waals surface area contributed by atoms with Crippen LogP contribution in [0, 0.1) is 0 Å². The predicted molar refractivity (Wildman–Crippen MR) is 99.7 cm³/mol. The largest absolute Gasteiger partial charge is 0.508 e. The quantitative estimate of drug-likeness (QED) is 0.631. The maximum absolute atomic E-state index is 12.2. The van der Waals surface area contributed by atoms with Crippen molar-refractivity contribution in [3.05, 3.63) is 66.4 Å². The van der Waals surface area contributed by atoms with Crippen LogP contribution in [0.25, 0.3) is 10.9 Å². The van der Waals surface area contributed by atoms with E-state index in [1.54, 1.807) is 30.3 Å². The summed E-state index contributed by atoms with van der Waals surface area (Å²) in [6.07, 6.45) is 2.04. The summed E-state index contributed by atoms with van der Waals surface area (Å²) in [6, 6.07) is 15.5. The van der Waals surface area contributed by atoms with Crippen molar-refractivity contribution in [2.24, 2.45) is 0 Å². The predicted octanol–water partition coefficient (Wildman–Crippen LogP) is 3.15. The van der Waals surface area contributed by atoms with E-state index in [4.69, 9.17) is 0 Å². The summed E-state index contributed by atoms with van der Waals surface area (Å²) in [4.78, 5) is 28.7. The van der Waals surface area contributed by atoms with Gasteiger partial charge in [0.1, 0.15) is 5.75 Å². The number of pyridine rings is 1. The van der Waals surface area contributed by atoms with Crippen molar-refractivity contribution in [1.82, 2.24) is 10.3 Å². The van der Waals surface area contributed by atoms with Crippen LogP contribution in [0.1, 0.15) is 24.9 Å². The molecule has 1 atom stereocenters. The third-order valence-corrected chi connectivity index (χ3v) is 4.08. The van der Waals surface area contributed by atoms with E-state index in [0.717, 1.165) is 10.9 Å². The molecule has 3 aromatic rings. The Labute approximate surface area is 150 Å². The monoisotopic (exact) mass is 349 g/mol. The fourth-order valence-electron chi connectivity index (χ4n) is 2.73. The van der Waals surface area contributed by atoms with E-state index in [0.29, 0.717) is 17.7 Å². The van der Waals surface area contributed by atoms with Crippen molar-refractivity contribution in [1.29, 1.82) is 0 Å². The summed E-state index contributed by atoms with van der Waals surface area (Å²) in [5.74, 6) is -1.47. The molecule has 0 saturated carbocycles. The van der Waals surface area contributed by atoms with Gasteiger partial charge in [-0.05, 0) is 24.6 Å². The molecule has 3 N–H and O–H groups in total. The third kappa shape index (κ3) is 3.80. The van der Waals surface area contributed by atoms with Crippen LogP contribution in [-0.2, 0) is 9.59 Å². The smallest absolute Gasteiger partial charge is 0.313 e. The van der Waals surface area contributed by atoms with Crippen molar-refractivity contribution in [3.8, 4) is 5.75 Å². The number of benzene rings is 2. The second-order valence-corrected chi connectivity index (χ2v) is 5.86. The van der Waals surface area contributed by atoms with Crippen LogP contribution in [0.5, 0.6) is 5.75 Å². The molecule has 6 nitrogen and oxygen atoms in total. The maximum atomic E-state index is 12.2. The number of carbonyl (C=O) groups is 2. The van der Waals surface area contributed by atoms with Crippen molar-refractivity contribution >= 4 is 28.4 Å². The lowest BCUT2D eigenvalue weighted by molar-refractivity contribution is -0.136. The minimum Gasteiger partial charge on any atom is -0.508 e. The summed E-state index contributed by atoms with van der Waals surface area (Å²) >= 11 is 0. The molecule has 0 bridgehead atoms. The molecule has 1 heterocycles. The highest BCUT2D eigenvalue weighted by molar-refractivity contribution is 6.39. The number of nitrogens with one attached hydrogen (secondary N) is 2. The number of rotatable bonds is 4. The zero-order chi connectivity index (χ0) is 18.5. The summed E-state index contributed by atoms with van der Waals surface area (Å²) in [6.45, 7) is 1.86. The lowest BCUT2D eigenvalue weighted by Gasteiger charge is -2.18. The Morgan fingerprint density at radius 1 is 1.08 bits per heavy atom. The Kier molecular flexibility index (Phi) is 5.12. The molecule has 3 rings (SSSR count). The van der Waals surface area contributed by atoms with Crippen molar-refractivity contribution in [2.45, 2.75) is 19.4 Å². The van der Waals surface area contributed by atoms with E-state index in [9.17, 15) is 14.7 Å². The first-order valence-electron chi connectivity index (χ1n) is 8.33. The van der Waals surface area contributed by atoms with Crippen LogP contribution >= 0.6 is 0 Å². The molecule has 0 saturated heterocycles. The molecule has 0 aliphatic rings. The van der Waals surface area contributed by atoms with Crippen molar-refractivity contribution < 1.29 is 14.7 Å². The second-order valence-electron chi connectivity index (χ2n) is 5.86.